The van der Waals surface area contributed by atoms with E-state index in [0.717, 1.165) is 0 Å². The Balaban J connectivity index is 2.83. The maximum absolute atomic E-state index is 9.73. The standard InChI is InChI=1S/C3H7N2O/c1-5-2-3(4)6/h2H2,1H3,(H2,4,6)/q-1. The van der Waals surface area contributed by atoms with Gasteiger partial charge in [-0.25, -0.2) is 0 Å². The number of amides is 1. The number of nitrogens with zero attached hydrogens (tertiary/aromatic N) is 1. The van der Waals surface area contributed by atoms with Crippen molar-refractivity contribution in [2.24, 2.45) is 5.73 Å². The van der Waals surface area contributed by atoms with Gasteiger partial charge in [-0.3, -0.25) is 4.79 Å². The minimum Gasteiger partial charge on any atom is -0.657 e. The van der Waals surface area contributed by atoms with E-state index in [0.29, 0.717) is 0 Å². The lowest BCUT2D eigenvalue weighted by atomic mass is 10.6. The number of carbonyl (C=O) groups excluding carboxylic acids is 1. The number of nitrogens with two attached hydrogens (primary N) is 1. The van der Waals surface area contributed by atoms with E-state index in [2.05, 4.69) is 11.1 Å². The largest absolute Gasteiger partial charge is 0.657 e. The van der Waals surface area contributed by atoms with Crippen molar-refractivity contribution in [2.45, 2.75) is 0 Å². The maximum atomic E-state index is 9.73. The Kier molecular flexibility index (Phi) is 2.40. The number of carbonyl (C=O) groups is 1. The molecule has 3 heteroatoms. The molecule has 0 aromatic rings. The van der Waals surface area contributed by atoms with Crippen LogP contribution in [0.25, 0.3) is 5.32 Å². The summed E-state index contributed by atoms with van der Waals surface area (Å²) in [7, 11) is 1.55. The van der Waals surface area contributed by atoms with E-state index in [1.165, 1.54) is 0 Å². The third-order valence-electron chi connectivity index (χ3n) is 0.314. The molecule has 0 aliphatic rings. The minimum absolute atomic E-state index is 0.139. The molecular formula is C3H7N2O-. The van der Waals surface area contributed by atoms with Crippen molar-refractivity contribution >= 4 is 5.91 Å². The molecule has 0 aromatic heterocycles. The summed E-state index contributed by atoms with van der Waals surface area (Å²) >= 11 is 0. The number of hydrogen-bond acceptors (Lipinski definition) is 1. The Bertz CT molecular complexity index is 52.8. The Hall–Kier alpha value is -0.570. The topological polar surface area (TPSA) is 57.2 Å². The summed E-state index contributed by atoms with van der Waals surface area (Å²) in [5.41, 5.74) is 4.67. The lowest BCUT2D eigenvalue weighted by Crippen LogP contribution is -2.13. The van der Waals surface area contributed by atoms with Crippen LogP contribution >= 0.6 is 0 Å². The van der Waals surface area contributed by atoms with Gasteiger partial charge in [0.15, 0.2) is 5.91 Å². The molecule has 0 rings (SSSR count). The Morgan fingerprint density at radius 2 is 2.50 bits per heavy atom. The van der Waals surface area contributed by atoms with Crippen molar-refractivity contribution in [3.05, 3.63) is 5.32 Å². The van der Waals surface area contributed by atoms with Crippen LogP contribution in [-0.4, -0.2) is 19.5 Å². The minimum atomic E-state index is -0.377. The van der Waals surface area contributed by atoms with Crippen LogP contribution in [0.1, 0.15) is 0 Å². The molecule has 0 unspecified atom stereocenters. The van der Waals surface area contributed by atoms with Crippen molar-refractivity contribution in [1.82, 2.24) is 0 Å². The third kappa shape index (κ3) is 3.43. The fraction of sp³-hybridized carbons (Fsp3) is 0.667. The summed E-state index contributed by atoms with van der Waals surface area (Å²) < 4.78 is 0. The predicted octanol–water partition coefficient (Wildman–Crippen LogP) is -0.525. The van der Waals surface area contributed by atoms with Crippen LogP contribution in [0, 0.1) is 0 Å². The first-order valence-electron chi connectivity index (χ1n) is 1.61. The molecule has 0 saturated heterocycles. The Labute approximate surface area is 36.5 Å². The first-order valence-corrected chi connectivity index (χ1v) is 1.61. The highest BCUT2D eigenvalue weighted by molar-refractivity contribution is 5.77. The molecule has 0 bridgehead atoms. The van der Waals surface area contributed by atoms with E-state index in [4.69, 9.17) is 0 Å². The summed E-state index contributed by atoms with van der Waals surface area (Å²) in [4.78, 5) is 9.73. The van der Waals surface area contributed by atoms with Crippen molar-refractivity contribution in [2.75, 3.05) is 13.6 Å². The lowest BCUT2D eigenvalue weighted by Gasteiger charge is -2.02. The van der Waals surface area contributed by atoms with E-state index >= 15 is 0 Å². The zero-order valence-corrected chi connectivity index (χ0v) is 3.64. The molecule has 0 fully saturated rings. The second-order valence-electron chi connectivity index (χ2n) is 0.941. The molecule has 2 N–H and O–H groups in total. The molecule has 0 saturated carbocycles. The lowest BCUT2D eigenvalue weighted by molar-refractivity contribution is -0.116. The predicted molar refractivity (Wildman–Crippen MR) is 23.3 cm³/mol. The first kappa shape index (κ1) is 5.43. The number of hydrogen-bond donors (Lipinski definition) is 1. The first-order chi connectivity index (χ1) is 2.77. The third-order valence-corrected chi connectivity index (χ3v) is 0.314. The van der Waals surface area contributed by atoms with E-state index in [1.807, 2.05) is 0 Å². The van der Waals surface area contributed by atoms with Gasteiger partial charge in [0.2, 0.25) is 0 Å². The average Bonchev–Trinajstić information content (AvgIpc) is 1.35. The summed E-state index contributed by atoms with van der Waals surface area (Å²) in [6.45, 7) is 0.139. The summed E-state index contributed by atoms with van der Waals surface area (Å²) in [6, 6.07) is 0. The van der Waals surface area contributed by atoms with Gasteiger partial charge in [0.25, 0.3) is 0 Å². The number of primary amides is 1. The maximum Gasteiger partial charge on any atom is 0.196 e. The number of rotatable bonds is 2. The fourth-order valence-corrected chi connectivity index (χ4v) is 0.156. The van der Waals surface area contributed by atoms with Crippen LogP contribution < -0.4 is 5.73 Å². The molecule has 0 radical (unpaired) electrons. The SMILES string of the molecule is C[N-]CC(N)=O. The fourth-order valence-electron chi connectivity index (χ4n) is 0.156. The van der Waals surface area contributed by atoms with E-state index in [9.17, 15) is 4.79 Å². The van der Waals surface area contributed by atoms with E-state index in [1.54, 1.807) is 7.05 Å². The molecule has 0 aliphatic carbocycles. The molecule has 0 atom stereocenters. The Morgan fingerprint density at radius 3 is 2.50 bits per heavy atom. The summed E-state index contributed by atoms with van der Waals surface area (Å²) in [6.07, 6.45) is 0. The van der Waals surface area contributed by atoms with Crippen LogP contribution in [0.3, 0.4) is 0 Å². The quantitative estimate of drug-likeness (QED) is 0.483. The van der Waals surface area contributed by atoms with Crippen LogP contribution in [0.5, 0.6) is 0 Å². The van der Waals surface area contributed by atoms with Gasteiger partial charge in [-0.05, 0) is 0 Å². The highest BCUT2D eigenvalue weighted by Crippen LogP contribution is 1.69. The van der Waals surface area contributed by atoms with Gasteiger partial charge in [0.1, 0.15) is 0 Å². The zero-order valence-electron chi connectivity index (χ0n) is 3.64. The van der Waals surface area contributed by atoms with Gasteiger partial charge in [0, 0.05) is 0 Å². The van der Waals surface area contributed by atoms with Crippen molar-refractivity contribution in [1.29, 1.82) is 0 Å². The van der Waals surface area contributed by atoms with Crippen molar-refractivity contribution in [3.8, 4) is 0 Å². The van der Waals surface area contributed by atoms with Gasteiger partial charge >= 0.3 is 0 Å². The van der Waals surface area contributed by atoms with Gasteiger partial charge in [-0.1, -0.05) is 6.54 Å². The van der Waals surface area contributed by atoms with Crippen LogP contribution in [-0.2, 0) is 4.79 Å². The summed E-state index contributed by atoms with van der Waals surface area (Å²) in [5, 5.41) is 3.46. The second kappa shape index (κ2) is 2.66. The molecule has 0 aliphatic heterocycles. The highest BCUT2D eigenvalue weighted by atomic mass is 16.1. The van der Waals surface area contributed by atoms with Crippen molar-refractivity contribution < 1.29 is 4.79 Å². The second-order valence-corrected chi connectivity index (χ2v) is 0.941. The molecule has 36 valence electrons. The van der Waals surface area contributed by atoms with Gasteiger partial charge in [-0.2, -0.15) is 7.05 Å². The number of likely N-dealkylation sites (N-methyl/N-ethyl adjacent to an activating group) is 1. The van der Waals surface area contributed by atoms with Crippen LogP contribution in [0.4, 0.5) is 0 Å². The molecule has 0 heterocycles. The smallest absolute Gasteiger partial charge is 0.196 e. The molecule has 0 aromatic carbocycles. The zero-order chi connectivity index (χ0) is 4.99. The van der Waals surface area contributed by atoms with Crippen LogP contribution in [0.2, 0.25) is 0 Å². The Morgan fingerprint density at radius 1 is 2.00 bits per heavy atom. The van der Waals surface area contributed by atoms with E-state index in [-0.39, 0.29) is 12.5 Å². The molecule has 1 amide bonds. The van der Waals surface area contributed by atoms with Gasteiger partial charge < -0.3 is 11.1 Å². The normalized spacial score (nSPS) is 8.17. The van der Waals surface area contributed by atoms with Crippen molar-refractivity contribution in [3.63, 3.8) is 0 Å². The molecule has 3 nitrogen and oxygen atoms in total. The van der Waals surface area contributed by atoms with E-state index < -0.39 is 0 Å². The van der Waals surface area contributed by atoms with Gasteiger partial charge in [0.05, 0.1) is 0 Å². The molecule has 0 spiro atoms. The average molecular weight is 87.1 g/mol. The molecule has 6 heavy (non-hydrogen) atoms. The summed E-state index contributed by atoms with van der Waals surface area (Å²) in [5.74, 6) is -0.377. The monoisotopic (exact) mass is 87.1 g/mol. The van der Waals surface area contributed by atoms with Gasteiger partial charge in [-0.15, -0.1) is 0 Å². The highest BCUT2D eigenvalue weighted by Gasteiger charge is 1.73. The molecular weight excluding hydrogens is 80.0 g/mol. The van der Waals surface area contributed by atoms with Crippen LogP contribution in [0.15, 0.2) is 0 Å².